The zero-order valence-corrected chi connectivity index (χ0v) is 9.92. The van der Waals surface area contributed by atoms with Crippen LogP contribution in [0.2, 0.25) is 0 Å². The van der Waals surface area contributed by atoms with Crippen LogP contribution in [0.5, 0.6) is 0 Å². The van der Waals surface area contributed by atoms with Crippen molar-refractivity contribution < 1.29 is 23.7 Å². The maximum atomic E-state index is 14.5. The minimum Gasteiger partial charge on any atom is -0.390 e. The van der Waals surface area contributed by atoms with Gasteiger partial charge in [0.2, 0.25) is 5.67 Å². The summed E-state index contributed by atoms with van der Waals surface area (Å²) in [4.78, 5) is 24.3. The zero-order chi connectivity index (χ0) is 15.1. The minimum atomic E-state index is -3.17. The Morgan fingerprint density at radius 2 is 2.20 bits per heavy atom. The van der Waals surface area contributed by atoms with Crippen LogP contribution in [0.4, 0.5) is 8.78 Å². The molecule has 0 bridgehead atoms. The number of hydrogen-bond acceptors (Lipinski definition) is 5. The average Bonchev–Trinajstić information content (AvgIpc) is 2.62. The lowest BCUT2D eigenvalue weighted by Gasteiger charge is -2.23. The van der Waals surface area contributed by atoms with Crippen molar-refractivity contribution in [1.29, 1.82) is 0 Å². The SMILES string of the molecule is C#C[C@]1(F)C(n2ccc(=O)[nH]c2=O)O[C@](F)(CO)[C@H]1O. The number of aliphatic hydroxyl groups is 2. The van der Waals surface area contributed by atoms with Crippen molar-refractivity contribution in [2.45, 2.75) is 23.9 Å². The van der Waals surface area contributed by atoms with Gasteiger partial charge in [-0.25, -0.2) is 13.6 Å². The molecule has 108 valence electrons. The fraction of sp³-hybridized carbons (Fsp3) is 0.455. The molecule has 0 aliphatic carbocycles. The van der Waals surface area contributed by atoms with Crippen molar-refractivity contribution >= 4 is 0 Å². The van der Waals surface area contributed by atoms with Crippen LogP contribution in [0.1, 0.15) is 6.23 Å². The van der Waals surface area contributed by atoms with E-state index in [9.17, 15) is 23.5 Å². The summed E-state index contributed by atoms with van der Waals surface area (Å²) < 4.78 is 33.6. The number of H-pyrrole nitrogens is 1. The molecule has 0 aromatic carbocycles. The van der Waals surface area contributed by atoms with Crippen LogP contribution in [-0.4, -0.2) is 44.0 Å². The maximum Gasteiger partial charge on any atom is 0.330 e. The van der Waals surface area contributed by atoms with E-state index in [1.54, 1.807) is 0 Å². The Hall–Kier alpha value is -2.02. The van der Waals surface area contributed by atoms with E-state index < -0.39 is 41.7 Å². The van der Waals surface area contributed by atoms with Gasteiger partial charge in [-0.1, -0.05) is 5.92 Å². The van der Waals surface area contributed by atoms with E-state index in [1.165, 1.54) is 5.92 Å². The van der Waals surface area contributed by atoms with Gasteiger partial charge >= 0.3 is 5.69 Å². The highest BCUT2D eigenvalue weighted by molar-refractivity contribution is 5.21. The zero-order valence-electron chi connectivity index (χ0n) is 9.92. The first-order valence-corrected chi connectivity index (χ1v) is 5.42. The van der Waals surface area contributed by atoms with Crippen LogP contribution in [0.3, 0.4) is 0 Å². The van der Waals surface area contributed by atoms with E-state index in [1.807, 2.05) is 4.98 Å². The number of nitrogens with zero attached hydrogens (tertiary/aromatic N) is 1. The summed E-state index contributed by atoms with van der Waals surface area (Å²) in [5.74, 6) is -1.64. The summed E-state index contributed by atoms with van der Waals surface area (Å²) in [5, 5.41) is 18.4. The average molecular weight is 288 g/mol. The molecular formula is C11H10F2N2O5. The van der Waals surface area contributed by atoms with Crippen LogP contribution in [0.15, 0.2) is 21.9 Å². The second-order valence-electron chi connectivity index (χ2n) is 4.25. The molecule has 1 saturated heterocycles. The lowest BCUT2D eigenvalue weighted by Crippen LogP contribution is -2.48. The summed E-state index contributed by atoms with van der Waals surface area (Å²) in [6.07, 6.45) is 1.24. The molecule has 1 unspecified atom stereocenters. The number of aromatic amines is 1. The quantitative estimate of drug-likeness (QED) is 0.570. The topological polar surface area (TPSA) is 105 Å². The Bertz CT molecular complexity index is 680. The van der Waals surface area contributed by atoms with Crippen LogP contribution >= 0.6 is 0 Å². The Morgan fingerprint density at radius 3 is 2.70 bits per heavy atom. The van der Waals surface area contributed by atoms with Crippen LogP contribution in [-0.2, 0) is 4.74 Å². The van der Waals surface area contributed by atoms with Gasteiger partial charge in [0.25, 0.3) is 11.4 Å². The predicted octanol–water partition coefficient (Wildman–Crippen LogP) is -1.57. The molecule has 0 amide bonds. The molecule has 1 fully saturated rings. The maximum absolute atomic E-state index is 14.5. The van der Waals surface area contributed by atoms with Crippen molar-refractivity contribution in [3.63, 3.8) is 0 Å². The predicted molar refractivity (Wildman–Crippen MR) is 61.0 cm³/mol. The molecular weight excluding hydrogens is 278 g/mol. The molecule has 0 radical (unpaired) electrons. The molecule has 1 aliphatic rings. The molecule has 9 heteroatoms. The second kappa shape index (κ2) is 4.52. The number of halogens is 2. The molecule has 1 aromatic heterocycles. The highest BCUT2D eigenvalue weighted by Gasteiger charge is 2.66. The van der Waals surface area contributed by atoms with E-state index in [4.69, 9.17) is 11.5 Å². The number of aliphatic hydroxyl groups excluding tert-OH is 2. The number of ether oxygens (including phenoxy) is 1. The highest BCUT2D eigenvalue weighted by Crippen LogP contribution is 2.46. The lowest BCUT2D eigenvalue weighted by molar-refractivity contribution is -0.207. The minimum absolute atomic E-state index is 0.488. The Morgan fingerprint density at radius 1 is 1.55 bits per heavy atom. The normalized spacial score (nSPS) is 36.8. The smallest absolute Gasteiger partial charge is 0.330 e. The van der Waals surface area contributed by atoms with Crippen LogP contribution in [0.25, 0.3) is 0 Å². The first-order chi connectivity index (χ1) is 9.28. The molecule has 2 rings (SSSR count). The Labute approximate surface area is 110 Å². The number of alkyl halides is 2. The third-order valence-electron chi connectivity index (χ3n) is 3.01. The first-order valence-electron chi connectivity index (χ1n) is 5.42. The van der Waals surface area contributed by atoms with Gasteiger partial charge in [0, 0.05) is 12.3 Å². The third-order valence-corrected chi connectivity index (χ3v) is 3.01. The summed E-state index contributed by atoms with van der Waals surface area (Å²) in [6.45, 7) is -1.36. The third kappa shape index (κ3) is 1.85. The van der Waals surface area contributed by atoms with E-state index in [0.717, 1.165) is 12.3 Å². The molecule has 1 aromatic rings. The van der Waals surface area contributed by atoms with Gasteiger partial charge < -0.3 is 14.9 Å². The number of aromatic nitrogens is 2. The summed E-state index contributed by atoms with van der Waals surface area (Å²) >= 11 is 0. The molecule has 7 nitrogen and oxygen atoms in total. The molecule has 3 N–H and O–H groups in total. The van der Waals surface area contributed by atoms with Gasteiger partial charge in [0.1, 0.15) is 6.61 Å². The first kappa shape index (κ1) is 14.4. The largest absolute Gasteiger partial charge is 0.390 e. The summed E-state index contributed by atoms with van der Waals surface area (Å²) in [6, 6.07) is 0.866. The van der Waals surface area contributed by atoms with Gasteiger partial charge in [-0.15, -0.1) is 6.42 Å². The van der Waals surface area contributed by atoms with Gasteiger partial charge in [0.15, 0.2) is 12.3 Å². The molecule has 1 aliphatic heterocycles. The number of rotatable bonds is 2. The van der Waals surface area contributed by atoms with Crippen LogP contribution in [0, 0.1) is 12.3 Å². The molecule has 0 saturated carbocycles. The van der Waals surface area contributed by atoms with Crippen molar-refractivity contribution in [2.75, 3.05) is 6.61 Å². The van der Waals surface area contributed by atoms with E-state index in [0.29, 0.717) is 4.57 Å². The van der Waals surface area contributed by atoms with Crippen molar-refractivity contribution in [1.82, 2.24) is 9.55 Å². The molecule has 4 atom stereocenters. The van der Waals surface area contributed by atoms with E-state index >= 15 is 0 Å². The molecule has 20 heavy (non-hydrogen) atoms. The number of hydrogen-bond donors (Lipinski definition) is 3. The van der Waals surface area contributed by atoms with E-state index in [-0.39, 0.29) is 0 Å². The number of nitrogens with one attached hydrogen (secondary N) is 1. The second-order valence-corrected chi connectivity index (χ2v) is 4.25. The lowest BCUT2D eigenvalue weighted by atomic mass is 9.96. The standard InChI is InChI=1S/C11H10F2N2O5/c1-2-10(12)7(18)11(13,5-16)20-8(10)15-4-3-6(17)14-9(15)19/h1,3-4,7-8,16,18H,5H2,(H,14,17,19)/t7-,8?,10+,11+/m0/s1. The monoisotopic (exact) mass is 288 g/mol. The Kier molecular flexibility index (Phi) is 3.25. The summed E-state index contributed by atoms with van der Waals surface area (Å²) in [7, 11) is 0. The highest BCUT2D eigenvalue weighted by atomic mass is 19.2. The Balaban J connectivity index is 2.59. The van der Waals surface area contributed by atoms with Gasteiger partial charge in [-0.3, -0.25) is 14.3 Å². The van der Waals surface area contributed by atoms with Gasteiger partial charge in [-0.2, -0.15) is 0 Å². The fourth-order valence-electron chi connectivity index (χ4n) is 1.93. The van der Waals surface area contributed by atoms with Gasteiger partial charge in [0.05, 0.1) is 0 Å². The van der Waals surface area contributed by atoms with Crippen LogP contribution < -0.4 is 11.2 Å². The van der Waals surface area contributed by atoms with Gasteiger partial charge in [-0.05, 0) is 0 Å². The molecule has 2 heterocycles. The summed E-state index contributed by atoms with van der Waals surface area (Å²) in [5.41, 5.74) is -4.96. The van der Waals surface area contributed by atoms with E-state index in [2.05, 4.69) is 4.74 Å². The van der Waals surface area contributed by atoms with Crippen molar-refractivity contribution in [3.8, 4) is 12.3 Å². The van der Waals surface area contributed by atoms with Crippen molar-refractivity contribution in [2.24, 2.45) is 0 Å². The molecule has 0 spiro atoms. The van der Waals surface area contributed by atoms with Crippen molar-refractivity contribution in [3.05, 3.63) is 33.1 Å². The number of terminal acetylenes is 1. The fourth-order valence-corrected chi connectivity index (χ4v) is 1.93.